The van der Waals surface area contributed by atoms with E-state index in [1.165, 1.54) is 48.2 Å². The highest BCUT2D eigenvalue weighted by Gasteiger charge is 2.30. The average Bonchev–Trinajstić information content (AvgIpc) is 3.34. The Morgan fingerprint density at radius 2 is 1.76 bits per heavy atom. The lowest BCUT2D eigenvalue weighted by atomic mass is 10.0. The standard InChI is InChI=1S/C22H22N2O7S3/c1-30-17-6-8-18(9-7-17)34(28,29)24-12-3-4-15-14-16(5-10-19(15)24)23-33(26,27)20-11-13-32-21(20)22(25)31-2/h5-11,13-14,23H,3-4,12H2,1-2H3. The van der Waals surface area contributed by atoms with E-state index in [-0.39, 0.29) is 20.4 Å². The summed E-state index contributed by atoms with van der Waals surface area (Å²) >= 11 is 0.971. The smallest absolute Gasteiger partial charge is 0.349 e. The van der Waals surface area contributed by atoms with Gasteiger partial charge in [-0.15, -0.1) is 11.3 Å². The summed E-state index contributed by atoms with van der Waals surface area (Å²) in [5, 5.41) is 1.50. The third-order valence-corrected chi connectivity index (χ3v) is 9.62. The molecule has 0 aliphatic carbocycles. The van der Waals surface area contributed by atoms with Crippen molar-refractivity contribution in [3.8, 4) is 5.75 Å². The van der Waals surface area contributed by atoms with Crippen LogP contribution in [0.15, 0.2) is 63.7 Å². The lowest BCUT2D eigenvalue weighted by molar-refractivity contribution is 0.0602. The van der Waals surface area contributed by atoms with Gasteiger partial charge in [-0.3, -0.25) is 9.03 Å². The topological polar surface area (TPSA) is 119 Å². The van der Waals surface area contributed by atoms with E-state index in [1.807, 2.05) is 0 Å². The summed E-state index contributed by atoms with van der Waals surface area (Å²) in [5.41, 5.74) is 1.46. The Bertz CT molecular complexity index is 1430. The summed E-state index contributed by atoms with van der Waals surface area (Å²) < 4.78 is 65.9. The minimum absolute atomic E-state index is 0.0234. The first-order valence-corrected chi connectivity index (χ1v) is 14.0. The third-order valence-electron chi connectivity index (χ3n) is 5.34. The summed E-state index contributed by atoms with van der Waals surface area (Å²) in [5.74, 6) is -0.184. The minimum Gasteiger partial charge on any atom is -0.497 e. The second kappa shape index (κ2) is 9.28. The summed E-state index contributed by atoms with van der Waals surface area (Å²) in [4.78, 5) is 11.8. The summed E-state index contributed by atoms with van der Waals surface area (Å²) in [6.07, 6.45) is 1.17. The van der Waals surface area contributed by atoms with Crippen molar-refractivity contribution in [1.82, 2.24) is 0 Å². The number of anilines is 2. The van der Waals surface area contributed by atoms with E-state index < -0.39 is 26.0 Å². The predicted molar refractivity (Wildman–Crippen MR) is 129 cm³/mol. The highest BCUT2D eigenvalue weighted by atomic mass is 32.2. The van der Waals surface area contributed by atoms with Gasteiger partial charge in [0.05, 0.1) is 24.8 Å². The Labute approximate surface area is 202 Å². The van der Waals surface area contributed by atoms with Crippen molar-refractivity contribution in [3.63, 3.8) is 0 Å². The number of thiophene rings is 1. The van der Waals surface area contributed by atoms with Crippen molar-refractivity contribution in [2.45, 2.75) is 22.6 Å². The molecule has 0 unspecified atom stereocenters. The van der Waals surface area contributed by atoms with E-state index in [4.69, 9.17) is 4.74 Å². The van der Waals surface area contributed by atoms with Crippen molar-refractivity contribution in [2.24, 2.45) is 0 Å². The van der Waals surface area contributed by atoms with Gasteiger partial charge < -0.3 is 9.47 Å². The predicted octanol–water partition coefficient (Wildman–Crippen LogP) is 3.49. The molecule has 180 valence electrons. The van der Waals surface area contributed by atoms with Crippen LogP contribution in [0, 0.1) is 0 Å². The first-order chi connectivity index (χ1) is 16.2. The molecule has 2 heterocycles. The van der Waals surface area contributed by atoms with E-state index in [0.717, 1.165) is 11.3 Å². The molecule has 4 rings (SSSR count). The summed E-state index contributed by atoms with van der Waals surface area (Å²) in [6.45, 7) is 0.309. The quantitative estimate of drug-likeness (QED) is 0.472. The maximum atomic E-state index is 13.3. The molecule has 2 aromatic carbocycles. The van der Waals surface area contributed by atoms with Crippen molar-refractivity contribution < 1.29 is 31.1 Å². The zero-order valence-corrected chi connectivity index (χ0v) is 20.8. The van der Waals surface area contributed by atoms with Gasteiger partial charge in [-0.25, -0.2) is 21.6 Å². The van der Waals surface area contributed by atoms with E-state index in [2.05, 4.69) is 9.46 Å². The number of carbonyl (C=O) groups is 1. The molecule has 0 saturated heterocycles. The van der Waals surface area contributed by atoms with Crippen LogP contribution in [0.25, 0.3) is 0 Å². The fourth-order valence-electron chi connectivity index (χ4n) is 3.71. The van der Waals surface area contributed by atoms with Crippen LogP contribution in [0.4, 0.5) is 11.4 Å². The number of carbonyl (C=O) groups excluding carboxylic acids is 1. The zero-order chi connectivity index (χ0) is 24.5. The van der Waals surface area contributed by atoms with Gasteiger partial charge in [0.1, 0.15) is 15.5 Å². The Hall–Kier alpha value is -3.09. The molecule has 9 nitrogen and oxygen atoms in total. The monoisotopic (exact) mass is 522 g/mol. The number of esters is 1. The highest BCUT2D eigenvalue weighted by Crippen LogP contribution is 2.35. The molecule has 0 bridgehead atoms. The van der Waals surface area contributed by atoms with E-state index >= 15 is 0 Å². The Balaban J connectivity index is 1.63. The van der Waals surface area contributed by atoms with E-state index in [0.29, 0.717) is 36.4 Å². The van der Waals surface area contributed by atoms with Crippen LogP contribution in [0.1, 0.15) is 21.7 Å². The summed E-state index contributed by atoms with van der Waals surface area (Å²) in [7, 11) is -5.18. The van der Waals surface area contributed by atoms with Crippen molar-refractivity contribution >= 4 is 48.7 Å². The minimum atomic E-state index is -4.06. The molecule has 1 aromatic heterocycles. The number of methoxy groups -OCH3 is 2. The van der Waals surface area contributed by atoms with Gasteiger partial charge in [-0.2, -0.15) is 0 Å². The van der Waals surface area contributed by atoms with Gasteiger partial charge in [0.15, 0.2) is 0 Å². The first kappa shape index (κ1) is 24.0. The average molecular weight is 523 g/mol. The zero-order valence-electron chi connectivity index (χ0n) is 18.3. The van der Waals surface area contributed by atoms with Gasteiger partial charge in [-0.1, -0.05) is 0 Å². The second-order valence-corrected chi connectivity index (χ2v) is 11.8. The Morgan fingerprint density at radius 1 is 1.03 bits per heavy atom. The van der Waals surface area contributed by atoms with Crippen molar-refractivity contribution in [3.05, 3.63) is 64.4 Å². The van der Waals surface area contributed by atoms with Gasteiger partial charge >= 0.3 is 5.97 Å². The van der Waals surface area contributed by atoms with Crippen molar-refractivity contribution in [1.29, 1.82) is 0 Å². The van der Waals surface area contributed by atoms with E-state index in [9.17, 15) is 21.6 Å². The fraction of sp³-hybridized carbons (Fsp3) is 0.227. The molecule has 1 aliphatic rings. The molecule has 0 spiro atoms. The number of benzene rings is 2. The second-order valence-electron chi connectivity index (χ2n) is 7.41. The molecule has 0 atom stereocenters. The number of ether oxygens (including phenoxy) is 2. The van der Waals surface area contributed by atoms with Crippen LogP contribution < -0.4 is 13.8 Å². The van der Waals surface area contributed by atoms with Gasteiger partial charge in [0.25, 0.3) is 20.0 Å². The number of fused-ring (bicyclic) bond motifs is 1. The van der Waals surface area contributed by atoms with Crippen LogP contribution in [-0.2, 0) is 31.2 Å². The largest absolute Gasteiger partial charge is 0.497 e. The molecule has 1 aliphatic heterocycles. The number of rotatable bonds is 7. The number of nitrogens with zero attached hydrogens (tertiary/aromatic N) is 1. The maximum Gasteiger partial charge on any atom is 0.349 e. The molecule has 34 heavy (non-hydrogen) atoms. The van der Waals surface area contributed by atoms with Gasteiger partial charge in [0.2, 0.25) is 0 Å². The number of aryl methyl sites for hydroxylation is 1. The molecular weight excluding hydrogens is 500 g/mol. The maximum absolute atomic E-state index is 13.3. The van der Waals surface area contributed by atoms with Crippen LogP contribution >= 0.6 is 11.3 Å². The number of nitrogens with one attached hydrogen (secondary N) is 1. The lowest BCUT2D eigenvalue weighted by Gasteiger charge is -2.31. The molecule has 12 heteroatoms. The van der Waals surface area contributed by atoms with Crippen LogP contribution in [0.3, 0.4) is 0 Å². The molecule has 0 radical (unpaired) electrons. The van der Waals surface area contributed by atoms with Crippen LogP contribution in [0.2, 0.25) is 0 Å². The first-order valence-electron chi connectivity index (χ1n) is 10.2. The molecule has 0 amide bonds. The summed E-state index contributed by atoms with van der Waals surface area (Å²) in [6, 6.07) is 12.2. The molecule has 1 N–H and O–H groups in total. The highest BCUT2D eigenvalue weighted by molar-refractivity contribution is 7.93. The van der Waals surface area contributed by atoms with Crippen molar-refractivity contribution in [2.75, 3.05) is 29.8 Å². The Kier molecular flexibility index (Phi) is 6.56. The fourth-order valence-corrected chi connectivity index (χ4v) is 7.64. The number of sulfonamides is 2. The number of hydrogen-bond acceptors (Lipinski definition) is 8. The molecule has 3 aromatic rings. The van der Waals surface area contributed by atoms with Gasteiger partial charge in [0, 0.05) is 12.2 Å². The molecular formula is C22H22N2O7S3. The number of hydrogen-bond donors (Lipinski definition) is 1. The molecule has 0 fully saturated rings. The SMILES string of the molecule is COC(=O)c1sccc1S(=O)(=O)Nc1ccc2c(c1)CCCN2S(=O)(=O)c1ccc(OC)cc1. The molecule has 0 saturated carbocycles. The van der Waals surface area contributed by atoms with Gasteiger partial charge in [-0.05, 0) is 72.3 Å². The van der Waals surface area contributed by atoms with Crippen LogP contribution in [-0.4, -0.2) is 43.6 Å². The lowest BCUT2D eigenvalue weighted by Crippen LogP contribution is -2.35. The van der Waals surface area contributed by atoms with Crippen LogP contribution in [0.5, 0.6) is 5.75 Å². The van der Waals surface area contributed by atoms with E-state index in [1.54, 1.807) is 24.3 Å². The normalized spacial score (nSPS) is 13.8. The Morgan fingerprint density at radius 3 is 2.44 bits per heavy atom. The third kappa shape index (κ3) is 4.48.